The van der Waals surface area contributed by atoms with E-state index in [9.17, 15) is 0 Å². The summed E-state index contributed by atoms with van der Waals surface area (Å²) < 4.78 is 7.89. The molecular weight excluding hydrogens is 372 g/mol. The van der Waals surface area contributed by atoms with Gasteiger partial charge in [-0.05, 0) is 42.3 Å². The lowest BCUT2D eigenvalue weighted by Crippen LogP contribution is -2.01. The molecule has 30 heavy (non-hydrogen) atoms. The number of para-hydroxylation sites is 1. The summed E-state index contributed by atoms with van der Waals surface area (Å²) in [5.41, 5.74) is 7.09. The molecule has 3 aromatic heterocycles. The van der Waals surface area contributed by atoms with Gasteiger partial charge in [0.05, 0.1) is 11.9 Å². The number of ether oxygens (including phenoxy) is 1. The van der Waals surface area contributed by atoms with E-state index in [4.69, 9.17) is 9.72 Å². The van der Waals surface area contributed by atoms with E-state index in [0.29, 0.717) is 6.61 Å². The van der Waals surface area contributed by atoms with Crippen LogP contribution in [0.3, 0.4) is 0 Å². The quantitative estimate of drug-likeness (QED) is 0.405. The zero-order valence-electron chi connectivity index (χ0n) is 16.6. The van der Waals surface area contributed by atoms with Gasteiger partial charge in [0.15, 0.2) is 5.65 Å². The molecule has 0 radical (unpaired) electrons. The second-order valence-electron chi connectivity index (χ2n) is 7.07. The number of nitrogens with zero attached hydrogens (tertiary/aromatic N) is 4. The van der Waals surface area contributed by atoms with E-state index < -0.39 is 0 Å². The molecule has 146 valence electrons. The molecule has 3 heterocycles. The van der Waals surface area contributed by atoms with Gasteiger partial charge >= 0.3 is 0 Å². The van der Waals surface area contributed by atoms with Crippen molar-refractivity contribution in [2.45, 2.75) is 13.5 Å². The highest BCUT2D eigenvalue weighted by Crippen LogP contribution is 2.30. The van der Waals surface area contributed by atoms with Crippen molar-refractivity contribution in [3.8, 4) is 28.1 Å². The van der Waals surface area contributed by atoms with E-state index in [1.165, 1.54) is 0 Å². The highest BCUT2D eigenvalue weighted by molar-refractivity contribution is 5.81. The van der Waals surface area contributed by atoms with Crippen LogP contribution in [0.5, 0.6) is 5.75 Å². The van der Waals surface area contributed by atoms with Crippen LogP contribution in [0.4, 0.5) is 0 Å². The van der Waals surface area contributed by atoms with Gasteiger partial charge in [-0.2, -0.15) is 5.10 Å². The van der Waals surface area contributed by atoms with Crippen molar-refractivity contribution in [2.75, 3.05) is 0 Å². The van der Waals surface area contributed by atoms with Gasteiger partial charge in [0, 0.05) is 35.3 Å². The smallest absolute Gasteiger partial charge is 0.162 e. The SMILES string of the molecule is Cc1ccncc1-c1ccnn2c(-c3ccccc3COc3ccccc3)cnc12. The molecule has 0 aliphatic rings. The van der Waals surface area contributed by atoms with E-state index in [1.807, 2.05) is 77.7 Å². The van der Waals surface area contributed by atoms with Gasteiger partial charge in [0.1, 0.15) is 12.4 Å². The predicted molar refractivity (Wildman–Crippen MR) is 117 cm³/mol. The van der Waals surface area contributed by atoms with E-state index in [2.05, 4.69) is 29.1 Å². The monoisotopic (exact) mass is 392 g/mol. The first-order chi connectivity index (χ1) is 14.8. The van der Waals surface area contributed by atoms with Gasteiger partial charge in [-0.25, -0.2) is 9.50 Å². The van der Waals surface area contributed by atoms with Crippen molar-refractivity contribution in [3.05, 3.63) is 103 Å². The van der Waals surface area contributed by atoms with Crippen molar-refractivity contribution >= 4 is 5.65 Å². The average Bonchev–Trinajstić information content (AvgIpc) is 3.23. The minimum atomic E-state index is 0.467. The number of aromatic nitrogens is 4. The molecule has 5 rings (SSSR count). The largest absolute Gasteiger partial charge is 0.489 e. The Bertz CT molecular complexity index is 1310. The molecule has 5 aromatic rings. The summed E-state index contributed by atoms with van der Waals surface area (Å²) in [5, 5.41) is 4.59. The van der Waals surface area contributed by atoms with Gasteiger partial charge < -0.3 is 4.74 Å². The summed E-state index contributed by atoms with van der Waals surface area (Å²) in [6, 6.07) is 22.0. The first-order valence-corrected chi connectivity index (χ1v) is 9.81. The first-order valence-electron chi connectivity index (χ1n) is 9.81. The molecule has 0 N–H and O–H groups in total. The highest BCUT2D eigenvalue weighted by Gasteiger charge is 2.15. The Morgan fingerprint density at radius 3 is 2.50 bits per heavy atom. The zero-order valence-corrected chi connectivity index (χ0v) is 16.6. The zero-order chi connectivity index (χ0) is 20.3. The van der Waals surface area contributed by atoms with Gasteiger partial charge in [-0.15, -0.1) is 0 Å². The molecule has 5 heteroatoms. The lowest BCUT2D eigenvalue weighted by molar-refractivity contribution is 0.306. The second-order valence-corrected chi connectivity index (χ2v) is 7.07. The number of fused-ring (bicyclic) bond motifs is 1. The highest BCUT2D eigenvalue weighted by atomic mass is 16.5. The van der Waals surface area contributed by atoms with Crippen LogP contribution in [0.25, 0.3) is 28.0 Å². The number of rotatable bonds is 5. The number of imidazole rings is 1. The molecule has 5 nitrogen and oxygen atoms in total. The number of aryl methyl sites for hydroxylation is 1. The fraction of sp³-hybridized carbons (Fsp3) is 0.0800. The molecule has 2 aromatic carbocycles. The minimum Gasteiger partial charge on any atom is -0.489 e. The molecule has 0 atom stereocenters. The van der Waals surface area contributed by atoms with Crippen molar-refractivity contribution in [3.63, 3.8) is 0 Å². The Kier molecular flexibility index (Phi) is 4.69. The molecule has 0 saturated carbocycles. The maximum absolute atomic E-state index is 5.99. The third-order valence-corrected chi connectivity index (χ3v) is 5.16. The predicted octanol–water partition coefficient (Wildman–Crippen LogP) is 5.35. The Morgan fingerprint density at radius 2 is 1.63 bits per heavy atom. The summed E-state index contributed by atoms with van der Waals surface area (Å²) in [6.07, 6.45) is 7.36. The van der Waals surface area contributed by atoms with Crippen LogP contribution < -0.4 is 4.74 Å². The van der Waals surface area contributed by atoms with Crippen LogP contribution in [0.2, 0.25) is 0 Å². The lowest BCUT2D eigenvalue weighted by atomic mass is 10.0. The fourth-order valence-electron chi connectivity index (χ4n) is 3.61. The molecular formula is C25H20N4O. The number of pyridine rings is 1. The van der Waals surface area contributed by atoms with Crippen molar-refractivity contribution in [1.82, 2.24) is 19.6 Å². The van der Waals surface area contributed by atoms with Gasteiger partial charge in [-0.3, -0.25) is 4.98 Å². The lowest BCUT2D eigenvalue weighted by Gasteiger charge is -2.11. The molecule has 0 amide bonds. The van der Waals surface area contributed by atoms with E-state index in [0.717, 1.165) is 44.9 Å². The summed E-state index contributed by atoms with van der Waals surface area (Å²) >= 11 is 0. The van der Waals surface area contributed by atoms with Crippen LogP contribution in [-0.2, 0) is 6.61 Å². The number of benzene rings is 2. The van der Waals surface area contributed by atoms with Crippen molar-refractivity contribution in [1.29, 1.82) is 0 Å². The van der Waals surface area contributed by atoms with Crippen LogP contribution >= 0.6 is 0 Å². The normalized spacial score (nSPS) is 11.0. The van der Waals surface area contributed by atoms with Crippen molar-refractivity contribution in [2.24, 2.45) is 0 Å². The third-order valence-electron chi connectivity index (χ3n) is 5.16. The summed E-state index contributed by atoms with van der Waals surface area (Å²) in [5.74, 6) is 0.845. The maximum Gasteiger partial charge on any atom is 0.162 e. The Balaban J connectivity index is 1.57. The van der Waals surface area contributed by atoms with E-state index in [-0.39, 0.29) is 0 Å². The van der Waals surface area contributed by atoms with Crippen LogP contribution in [0, 0.1) is 6.92 Å². The summed E-state index contributed by atoms with van der Waals surface area (Å²) in [6.45, 7) is 2.54. The maximum atomic E-state index is 5.99. The Hall–Kier alpha value is -3.99. The second kappa shape index (κ2) is 7.79. The first kappa shape index (κ1) is 18.1. The van der Waals surface area contributed by atoms with E-state index in [1.54, 1.807) is 6.20 Å². The van der Waals surface area contributed by atoms with Crippen molar-refractivity contribution < 1.29 is 4.74 Å². The summed E-state index contributed by atoms with van der Waals surface area (Å²) in [4.78, 5) is 8.99. The molecule has 0 fully saturated rings. The molecule has 0 aliphatic heterocycles. The molecule has 0 saturated heterocycles. The van der Waals surface area contributed by atoms with E-state index >= 15 is 0 Å². The Labute approximate surface area is 174 Å². The Morgan fingerprint density at radius 1 is 0.800 bits per heavy atom. The molecule has 0 spiro atoms. The van der Waals surface area contributed by atoms with Crippen LogP contribution in [-0.4, -0.2) is 19.6 Å². The standard InChI is InChI=1S/C25H20N4O/c1-18-11-13-26-15-23(18)22-12-14-28-29-24(16-27-25(22)29)21-10-6-5-7-19(21)17-30-20-8-3-2-4-9-20/h2-16H,17H2,1H3. The average molecular weight is 392 g/mol. The molecule has 0 aliphatic carbocycles. The van der Waals surface area contributed by atoms with Gasteiger partial charge in [0.25, 0.3) is 0 Å². The van der Waals surface area contributed by atoms with Crippen LogP contribution in [0.1, 0.15) is 11.1 Å². The fourth-order valence-corrected chi connectivity index (χ4v) is 3.61. The number of hydrogen-bond acceptors (Lipinski definition) is 4. The van der Waals surface area contributed by atoms with Crippen LogP contribution in [0.15, 0.2) is 91.5 Å². The summed E-state index contributed by atoms with van der Waals surface area (Å²) in [7, 11) is 0. The van der Waals surface area contributed by atoms with Gasteiger partial charge in [0.2, 0.25) is 0 Å². The number of hydrogen-bond donors (Lipinski definition) is 0. The minimum absolute atomic E-state index is 0.467. The molecule has 0 unspecified atom stereocenters. The third kappa shape index (κ3) is 3.31. The van der Waals surface area contributed by atoms with Gasteiger partial charge in [-0.1, -0.05) is 42.5 Å². The topological polar surface area (TPSA) is 52.3 Å². The molecule has 0 bridgehead atoms.